The molecule has 2 aromatic heterocycles. The van der Waals surface area contributed by atoms with Crippen molar-refractivity contribution in [3.05, 3.63) is 88.6 Å². The lowest BCUT2D eigenvalue weighted by Gasteiger charge is -2.28. The van der Waals surface area contributed by atoms with E-state index in [0.717, 1.165) is 48.7 Å². The molecule has 2 aromatic carbocycles. The number of aromatic nitrogens is 3. The maximum absolute atomic E-state index is 14.2. The molecule has 0 unspecified atom stereocenters. The zero-order chi connectivity index (χ0) is 28.1. The van der Waals surface area contributed by atoms with E-state index in [4.69, 9.17) is 24.7 Å². The lowest BCUT2D eigenvalue weighted by atomic mass is 10.1. The van der Waals surface area contributed by atoms with Crippen molar-refractivity contribution >= 4 is 17.0 Å². The molecule has 0 radical (unpaired) electrons. The van der Waals surface area contributed by atoms with E-state index in [1.54, 1.807) is 36.4 Å². The lowest BCUT2D eigenvalue weighted by Crippen LogP contribution is -2.33. The first-order valence-electron chi connectivity index (χ1n) is 13.8. The number of carboxylic acids is 1. The Labute approximate surface area is 235 Å². The van der Waals surface area contributed by atoms with Crippen molar-refractivity contribution in [3.63, 3.8) is 0 Å². The molecule has 2 saturated heterocycles. The SMILES string of the molecule is N#Cc1ccc(COc2cccc([C@H]3[C@@H]4CN(Cc5nc6ccc(C(=O)O)cc6n5C[C@@H]5CCO5)C[C@@H]43)n2)c(F)c1. The van der Waals surface area contributed by atoms with Gasteiger partial charge in [-0.2, -0.15) is 5.26 Å². The van der Waals surface area contributed by atoms with E-state index in [1.807, 2.05) is 18.2 Å². The molecule has 0 spiro atoms. The fourth-order valence-electron chi connectivity index (χ4n) is 6.23. The van der Waals surface area contributed by atoms with Gasteiger partial charge in [-0.3, -0.25) is 4.90 Å². The van der Waals surface area contributed by atoms with Crippen molar-refractivity contribution < 1.29 is 23.8 Å². The van der Waals surface area contributed by atoms with Gasteiger partial charge in [-0.05, 0) is 54.7 Å². The Morgan fingerprint density at radius 3 is 2.68 bits per heavy atom. The number of pyridine rings is 1. The Morgan fingerprint density at radius 1 is 1.15 bits per heavy atom. The average molecular weight is 554 g/mol. The number of halogens is 1. The summed E-state index contributed by atoms with van der Waals surface area (Å²) in [7, 11) is 0. The van der Waals surface area contributed by atoms with Crippen LogP contribution in [0.15, 0.2) is 54.6 Å². The molecule has 1 aliphatic carbocycles. The van der Waals surface area contributed by atoms with Crippen LogP contribution in [0.25, 0.3) is 11.0 Å². The summed E-state index contributed by atoms with van der Waals surface area (Å²) in [4.78, 5) is 23.6. The van der Waals surface area contributed by atoms with Gasteiger partial charge in [-0.15, -0.1) is 0 Å². The normalized spacial score (nSPS) is 23.1. The second kappa shape index (κ2) is 10.3. The molecule has 0 bridgehead atoms. The average Bonchev–Trinajstić information content (AvgIpc) is 3.27. The molecule has 1 saturated carbocycles. The number of hydrogen-bond donors (Lipinski definition) is 1. The maximum Gasteiger partial charge on any atom is 0.335 e. The maximum atomic E-state index is 14.2. The summed E-state index contributed by atoms with van der Waals surface area (Å²) in [5.41, 5.74) is 3.54. The molecule has 3 fully saturated rings. The summed E-state index contributed by atoms with van der Waals surface area (Å²) < 4.78 is 27.8. The molecule has 4 heterocycles. The third-order valence-corrected chi connectivity index (χ3v) is 8.53. The first-order chi connectivity index (χ1) is 20.0. The van der Waals surface area contributed by atoms with Crippen molar-refractivity contribution in [2.45, 2.75) is 38.1 Å². The predicted octanol–water partition coefficient (Wildman–Crippen LogP) is 4.35. The Bertz CT molecular complexity index is 1680. The molecule has 3 aliphatic rings. The van der Waals surface area contributed by atoms with Gasteiger partial charge in [0.25, 0.3) is 0 Å². The molecule has 1 N–H and O–H groups in total. The Morgan fingerprint density at radius 2 is 1.98 bits per heavy atom. The van der Waals surface area contributed by atoms with E-state index < -0.39 is 11.8 Å². The molecule has 2 aliphatic heterocycles. The number of imidazole rings is 1. The third kappa shape index (κ3) is 4.92. The highest BCUT2D eigenvalue weighted by atomic mass is 19.1. The van der Waals surface area contributed by atoms with Crippen molar-refractivity contribution in [1.82, 2.24) is 19.4 Å². The highest BCUT2D eigenvalue weighted by Gasteiger charge is 2.57. The van der Waals surface area contributed by atoms with E-state index in [1.165, 1.54) is 6.07 Å². The van der Waals surface area contributed by atoms with Crippen LogP contribution in [0.3, 0.4) is 0 Å². The number of nitrogens with zero attached hydrogens (tertiary/aromatic N) is 5. The van der Waals surface area contributed by atoms with Gasteiger partial charge < -0.3 is 19.1 Å². The number of rotatable bonds is 9. The Kier molecular flexibility index (Phi) is 6.41. The van der Waals surface area contributed by atoms with Crippen LogP contribution in [0.4, 0.5) is 4.39 Å². The second-order valence-electron chi connectivity index (χ2n) is 11.1. The van der Waals surface area contributed by atoms with E-state index in [2.05, 4.69) is 9.47 Å². The third-order valence-electron chi connectivity index (χ3n) is 8.53. The Balaban J connectivity index is 1.01. The summed E-state index contributed by atoms with van der Waals surface area (Å²) in [6.45, 7) is 4.03. The number of fused-ring (bicyclic) bond motifs is 2. The number of benzene rings is 2. The van der Waals surface area contributed by atoms with E-state index >= 15 is 0 Å². The van der Waals surface area contributed by atoms with Crippen LogP contribution in [0.5, 0.6) is 5.88 Å². The minimum Gasteiger partial charge on any atom is -0.478 e. The first kappa shape index (κ1) is 25.6. The quantitative estimate of drug-likeness (QED) is 0.326. The van der Waals surface area contributed by atoms with Crippen molar-refractivity contribution in [1.29, 1.82) is 5.26 Å². The zero-order valence-electron chi connectivity index (χ0n) is 22.2. The zero-order valence-corrected chi connectivity index (χ0v) is 22.2. The van der Waals surface area contributed by atoms with Crippen LogP contribution in [0.1, 0.15) is 45.3 Å². The fraction of sp³-hybridized carbons (Fsp3) is 0.355. The second-order valence-corrected chi connectivity index (χ2v) is 11.1. The number of hydrogen-bond acceptors (Lipinski definition) is 7. The molecular weight excluding hydrogens is 525 g/mol. The van der Waals surface area contributed by atoms with Crippen LogP contribution in [-0.4, -0.2) is 56.3 Å². The summed E-state index contributed by atoms with van der Waals surface area (Å²) in [5.74, 6) is 1.34. The van der Waals surface area contributed by atoms with Crippen LogP contribution in [0.2, 0.25) is 0 Å². The molecular formula is C31H28FN5O4. The first-order valence-corrected chi connectivity index (χ1v) is 13.8. The number of carbonyl (C=O) groups is 1. The molecule has 0 amide bonds. The highest BCUT2D eigenvalue weighted by molar-refractivity contribution is 5.92. The monoisotopic (exact) mass is 553 g/mol. The lowest BCUT2D eigenvalue weighted by molar-refractivity contribution is -0.0591. The number of carboxylic acid groups (broad SMARTS) is 1. The van der Waals surface area contributed by atoms with Gasteiger partial charge in [0.05, 0.1) is 47.4 Å². The molecule has 4 atom stereocenters. The molecule has 10 heteroatoms. The van der Waals surface area contributed by atoms with Crippen LogP contribution in [0, 0.1) is 29.0 Å². The largest absolute Gasteiger partial charge is 0.478 e. The van der Waals surface area contributed by atoms with Crippen LogP contribution in [-0.2, 0) is 24.4 Å². The molecule has 4 aromatic rings. The minimum absolute atomic E-state index is 0.0418. The van der Waals surface area contributed by atoms with E-state index in [0.29, 0.717) is 42.3 Å². The standard InChI is InChI=1S/C31H28FN5O4/c32-24-10-18(12-33)4-5-20(24)17-41-29-3-1-2-26(35-29)30-22-14-36(15-23(22)30)16-28-34-25-7-6-19(31(38)39)11-27(25)37(28)13-21-8-9-40-21/h1-7,10-11,21-23,30H,8-9,13-17H2,(H,38,39)/t21-,22-,23+,30+/m0/s1. The van der Waals surface area contributed by atoms with Gasteiger partial charge in [-0.1, -0.05) is 12.1 Å². The molecule has 41 heavy (non-hydrogen) atoms. The summed E-state index contributed by atoms with van der Waals surface area (Å²) >= 11 is 0. The number of ether oxygens (including phenoxy) is 2. The van der Waals surface area contributed by atoms with Gasteiger partial charge in [0, 0.05) is 42.9 Å². The van der Waals surface area contributed by atoms with E-state index in [9.17, 15) is 14.3 Å². The summed E-state index contributed by atoms with van der Waals surface area (Å²) in [6, 6.07) is 17.1. The van der Waals surface area contributed by atoms with Gasteiger partial charge in [-0.25, -0.2) is 19.2 Å². The van der Waals surface area contributed by atoms with Crippen molar-refractivity contribution in [3.8, 4) is 11.9 Å². The van der Waals surface area contributed by atoms with Crippen molar-refractivity contribution in [2.75, 3.05) is 19.7 Å². The number of likely N-dealkylation sites (tertiary alicyclic amines) is 1. The highest BCUT2D eigenvalue weighted by Crippen LogP contribution is 2.58. The fourth-order valence-corrected chi connectivity index (χ4v) is 6.23. The van der Waals surface area contributed by atoms with Crippen LogP contribution >= 0.6 is 0 Å². The summed E-state index contributed by atoms with van der Waals surface area (Å²) in [5, 5.41) is 18.4. The van der Waals surface area contributed by atoms with Crippen LogP contribution < -0.4 is 4.74 Å². The van der Waals surface area contributed by atoms with Gasteiger partial charge >= 0.3 is 5.97 Å². The number of piperidine rings is 1. The van der Waals surface area contributed by atoms with E-state index in [-0.39, 0.29) is 23.8 Å². The molecule has 9 nitrogen and oxygen atoms in total. The topological polar surface area (TPSA) is 114 Å². The van der Waals surface area contributed by atoms with Gasteiger partial charge in [0.2, 0.25) is 5.88 Å². The summed E-state index contributed by atoms with van der Waals surface area (Å²) in [6.07, 6.45) is 1.12. The van der Waals surface area contributed by atoms with Gasteiger partial charge in [0.15, 0.2) is 0 Å². The van der Waals surface area contributed by atoms with Gasteiger partial charge in [0.1, 0.15) is 18.2 Å². The minimum atomic E-state index is -0.948. The Hall–Kier alpha value is -4.33. The van der Waals surface area contributed by atoms with Crippen molar-refractivity contribution in [2.24, 2.45) is 11.8 Å². The molecule has 7 rings (SSSR count). The number of nitriles is 1. The smallest absolute Gasteiger partial charge is 0.335 e. The predicted molar refractivity (Wildman–Crippen MR) is 146 cm³/mol. The number of aromatic carboxylic acids is 1. The molecule has 208 valence electrons.